The Labute approximate surface area is 196 Å². The molecule has 0 aliphatic heterocycles. The first-order valence-corrected chi connectivity index (χ1v) is 12.6. The molecule has 4 heteroatoms. The van der Waals surface area contributed by atoms with Crippen LogP contribution >= 0.6 is 0 Å². The van der Waals surface area contributed by atoms with Gasteiger partial charge < -0.3 is 15.1 Å². The lowest BCUT2D eigenvalue weighted by Gasteiger charge is -2.30. The molecule has 4 nitrogen and oxygen atoms in total. The fourth-order valence-corrected chi connectivity index (χ4v) is 5.62. The van der Waals surface area contributed by atoms with E-state index in [2.05, 4.69) is 51.7 Å². The van der Waals surface area contributed by atoms with E-state index in [1.807, 2.05) is 24.8 Å². The quantitative estimate of drug-likeness (QED) is 0.280. The predicted molar refractivity (Wildman–Crippen MR) is 132 cm³/mol. The Kier molecular flexibility index (Phi) is 10.5. The van der Waals surface area contributed by atoms with Crippen LogP contribution in [0.2, 0.25) is 0 Å². The predicted octanol–water partition coefficient (Wildman–Crippen LogP) is 5.10. The molecule has 6 atom stereocenters. The number of nitrogens with zero attached hydrogens (tertiary/aromatic N) is 1. The Morgan fingerprint density at radius 3 is 2.50 bits per heavy atom. The average Bonchev–Trinajstić information content (AvgIpc) is 3.23. The van der Waals surface area contributed by atoms with Gasteiger partial charge in [0, 0.05) is 30.8 Å². The number of rotatable bonds is 10. The summed E-state index contributed by atoms with van der Waals surface area (Å²) >= 11 is 0. The van der Waals surface area contributed by atoms with Gasteiger partial charge in [-0.25, -0.2) is 0 Å². The van der Waals surface area contributed by atoms with Crippen molar-refractivity contribution in [2.75, 3.05) is 0 Å². The lowest BCUT2D eigenvalue weighted by atomic mass is 9.89. The number of carbonyl (C=O) groups excluding carboxylic acids is 1. The number of hydrogen-bond acceptors (Lipinski definition) is 3. The third-order valence-electron chi connectivity index (χ3n) is 7.25. The molecule has 32 heavy (non-hydrogen) atoms. The van der Waals surface area contributed by atoms with Gasteiger partial charge in [0.1, 0.15) is 0 Å². The molecule has 0 radical (unpaired) electrons. The minimum Gasteiger partial charge on any atom is -0.392 e. The largest absolute Gasteiger partial charge is 0.392 e. The standard InChI is InChI=1S/C28H45NO3/c1-7-8-11-21(6)26(30)15-14-24-25-17-22(16-23(25)18-27(24)31)12-9-10-13-28(32)29(19(2)3)20(4)5/h12,14-15,19-21,23-27,30-31H,9-11,13,16-18H2,1-6H3/t21-,23+,24-,25+,26-,27-/m1/s1. The minimum absolute atomic E-state index is 0.0945. The zero-order chi connectivity index (χ0) is 23.8. The number of fused-ring (bicyclic) bond motifs is 1. The second-order valence-electron chi connectivity index (χ2n) is 10.4. The van der Waals surface area contributed by atoms with Crippen LogP contribution in [0.4, 0.5) is 0 Å². The molecule has 2 aliphatic rings. The number of aliphatic hydroxyl groups is 2. The highest BCUT2D eigenvalue weighted by Gasteiger charge is 2.45. The monoisotopic (exact) mass is 443 g/mol. The smallest absolute Gasteiger partial charge is 0.223 e. The van der Waals surface area contributed by atoms with Gasteiger partial charge >= 0.3 is 0 Å². The van der Waals surface area contributed by atoms with E-state index in [-0.39, 0.29) is 35.9 Å². The lowest BCUT2D eigenvalue weighted by Crippen LogP contribution is -2.41. The molecule has 2 fully saturated rings. The Morgan fingerprint density at radius 2 is 1.88 bits per heavy atom. The van der Waals surface area contributed by atoms with E-state index >= 15 is 0 Å². The summed E-state index contributed by atoms with van der Waals surface area (Å²) in [4.78, 5) is 14.5. The molecule has 180 valence electrons. The van der Waals surface area contributed by atoms with Gasteiger partial charge in [-0.1, -0.05) is 30.7 Å². The summed E-state index contributed by atoms with van der Waals surface area (Å²) in [5.74, 6) is 7.38. The maximum absolute atomic E-state index is 12.5. The van der Waals surface area contributed by atoms with Gasteiger partial charge in [-0.15, -0.1) is 11.8 Å². The number of carbonyl (C=O) groups is 1. The number of unbranched alkanes of at least 4 members (excludes halogenated alkanes) is 1. The average molecular weight is 444 g/mol. The lowest BCUT2D eigenvalue weighted by molar-refractivity contribution is -0.134. The molecular formula is C28H45NO3. The van der Waals surface area contributed by atoms with Crippen molar-refractivity contribution in [1.82, 2.24) is 4.90 Å². The molecule has 0 heterocycles. The molecule has 1 amide bonds. The van der Waals surface area contributed by atoms with Crippen molar-refractivity contribution < 1.29 is 15.0 Å². The molecule has 0 aromatic carbocycles. The van der Waals surface area contributed by atoms with E-state index in [0.717, 1.165) is 32.1 Å². The first-order chi connectivity index (χ1) is 15.1. The van der Waals surface area contributed by atoms with Crippen LogP contribution in [-0.2, 0) is 4.79 Å². The van der Waals surface area contributed by atoms with Crippen LogP contribution in [0, 0.1) is 35.5 Å². The summed E-state index contributed by atoms with van der Waals surface area (Å²) in [6.45, 7) is 12.1. The fourth-order valence-electron chi connectivity index (χ4n) is 5.62. The second kappa shape index (κ2) is 12.6. The summed E-state index contributed by atoms with van der Waals surface area (Å²) in [5, 5.41) is 21.0. The normalized spacial score (nSPS) is 28.2. The SMILES string of the molecule is CC#CC[C@@H](C)[C@H](O)C=C[C@@H]1[C@H]2CC(=CCCCC(=O)N(C(C)C)C(C)C)C[C@H]2C[C@H]1O. The number of aliphatic hydroxyl groups excluding tert-OH is 2. The van der Waals surface area contributed by atoms with Gasteiger partial charge in [0.15, 0.2) is 0 Å². The third-order valence-corrected chi connectivity index (χ3v) is 7.25. The number of amides is 1. The summed E-state index contributed by atoms with van der Waals surface area (Å²) in [5.41, 5.74) is 1.48. The topological polar surface area (TPSA) is 60.8 Å². The van der Waals surface area contributed by atoms with Crippen LogP contribution in [-0.4, -0.2) is 45.3 Å². The molecule has 2 N–H and O–H groups in total. The van der Waals surface area contributed by atoms with Crippen molar-refractivity contribution in [3.05, 3.63) is 23.8 Å². The molecular weight excluding hydrogens is 398 g/mol. The van der Waals surface area contributed by atoms with Crippen LogP contribution < -0.4 is 0 Å². The molecule has 2 aliphatic carbocycles. The van der Waals surface area contributed by atoms with Crippen molar-refractivity contribution in [2.24, 2.45) is 23.7 Å². The fraction of sp³-hybridized carbons (Fsp3) is 0.750. The number of allylic oxidation sites excluding steroid dienone is 2. The molecule has 2 rings (SSSR count). The van der Waals surface area contributed by atoms with Gasteiger partial charge in [0.05, 0.1) is 12.2 Å². The van der Waals surface area contributed by atoms with Gasteiger partial charge in [-0.2, -0.15) is 0 Å². The van der Waals surface area contributed by atoms with Crippen LogP contribution in [0.25, 0.3) is 0 Å². The Morgan fingerprint density at radius 1 is 1.19 bits per heavy atom. The van der Waals surface area contributed by atoms with Crippen LogP contribution in [0.15, 0.2) is 23.8 Å². The highest BCUT2D eigenvalue weighted by atomic mass is 16.3. The summed E-state index contributed by atoms with van der Waals surface area (Å²) in [7, 11) is 0. The minimum atomic E-state index is -0.521. The van der Waals surface area contributed by atoms with Gasteiger partial charge in [0.2, 0.25) is 5.91 Å². The number of hydrogen-bond donors (Lipinski definition) is 2. The summed E-state index contributed by atoms with van der Waals surface area (Å²) in [6, 6.07) is 0.486. The summed E-state index contributed by atoms with van der Waals surface area (Å²) in [6.07, 6.45) is 11.5. The molecule has 0 bridgehead atoms. The van der Waals surface area contributed by atoms with Crippen molar-refractivity contribution >= 4 is 5.91 Å². The Hall–Kier alpha value is -1.57. The van der Waals surface area contributed by atoms with Gasteiger partial charge in [0.25, 0.3) is 0 Å². The molecule has 0 unspecified atom stereocenters. The van der Waals surface area contributed by atoms with Crippen molar-refractivity contribution in [2.45, 2.75) is 111 Å². The highest BCUT2D eigenvalue weighted by Crippen LogP contribution is 2.50. The van der Waals surface area contributed by atoms with E-state index < -0.39 is 6.10 Å². The molecule has 2 saturated carbocycles. The Balaban J connectivity index is 1.85. The zero-order valence-corrected chi connectivity index (χ0v) is 21.1. The molecule has 0 spiro atoms. The Bertz CT molecular complexity index is 719. The third kappa shape index (κ3) is 7.22. The molecule has 0 saturated heterocycles. The molecule has 0 aromatic rings. The van der Waals surface area contributed by atoms with Crippen LogP contribution in [0.3, 0.4) is 0 Å². The first kappa shape index (κ1) is 26.7. The van der Waals surface area contributed by atoms with Crippen molar-refractivity contribution in [3.8, 4) is 11.8 Å². The maximum Gasteiger partial charge on any atom is 0.223 e. The summed E-state index contributed by atoms with van der Waals surface area (Å²) < 4.78 is 0. The highest BCUT2D eigenvalue weighted by molar-refractivity contribution is 5.76. The van der Waals surface area contributed by atoms with Crippen molar-refractivity contribution in [3.63, 3.8) is 0 Å². The van der Waals surface area contributed by atoms with Gasteiger partial charge in [-0.3, -0.25) is 4.79 Å². The maximum atomic E-state index is 12.5. The van der Waals surface area contributed by atoms with E-state index in [0.29, 0.717) is 24.7 Å². The van der Waals surface area contributed by atoms with E-state index in [1.54, 1.807) is 0 Å². The molecule has 0 aromatic heterocycles. The van der Waals surface area contributed by atoms with E-state index in [1.165, 1.54) is 5.57 Å². The van der Waals surface area contributed by atoms with Gasteiger partial charge in [-0.05, 0) is 84.5 Å². The zero-order valence-electron chi connectivity index (χ0n) is 21.1. The van der Waals surface area contributed by atoms with E-state index in [4.69, 9.17) is 0 Å². The van der Waals surface area contributed by atoms with Crippen LogP contribution in [0.1, 0.15) is 86.5 Å². The van der Waals surface area contributed by atoms with E-state index in [9.17, 15) is 15.0 Å². The second-order valence-corrected chi connectivity index (χ2v) is 10.4. The van der Waals surface area contributed by atoms with Crippen molar-refractivity contribution in [1.29, 1.82) is 0 Å². The van der Waals surface area contributed by atoms with Crippen LogP contribution in [0.5, 0.6) is 0 Å². The first-order valence-electron chi connectivity index (χ1n) is 12.6.